The van der Waals surface area contributed by atoms with E-state index in [0.717, 1.165) is 30.8 Å². The number of urea groups is 1. The van der Waals surface area contributed by atoms with Gasteiger partial charge < -0.3 is 16.0 Å². The number of rotatable bonds is 3. The van der Waals surface area contributed by atoms with Gasteiger partial charge in [-0.2, -0.15) is 0 Å². The van der Waals surface area contributed by atoms with E-state index in [-0.39, 0.29) is 30.4 Å². The van der Waals surface area contributed by atoms with Crippen molar-refractivity contribution < 1.29 is 9.59 Å². The van der Waals surface area contributed by atoms with Crippen molar-refractivity contribution in [2.45, 2.75) is 18.9 Å². The number of anilines is 2. The van der Waals surface area contributed by atoms with Crippen LogP contribution in [0.25, 0.3) is 0 Å². The Morgan fingerprint density at radius 1 is 1.33 bits per heavy atom. The minimum Gasteiger partial charge on any atom is -0.336 e. The molecular weight excluding hydrogens is 292 g/mol. The molecule has 0 spiro atoms. The Hall–Kier alpha value is -1.79. The first-order chi connectivity index (χ1) is 9.74. The molecule has 3 amide bonds. The molecule has 1 unspecified atom stereocenters. The molecule has 6 nitrogen and oxygen atoms in total. The van der Waals surface area contributed by atoms with Crippen molar-refractivity contribution in [1.29, 1.82) is 0 Å². The van der Waals surface area contributed by atoms with Gasteiger partial charge in [-0.3, -0.25) is 9.69 Å². The molecule has 7 heteroatoms. The lowest BCUT2D eigenvalue weighted by Gasteiger charge is -2.16. The molecular formula is C14H19ClN4O2. The summed E-state index contributed by atoms with van der Waals surface area (Å²) >= 11 is 0. The van der Waals surface area contributed by atoms with Crippen molar-refractivity contribution in [3.8, 4) is 0 Å². The van der Waals surface area contributed by atoms with Gasteiger partial charge in [-0.15, -0.1) is 12.4 Å². The van der Waals surface area contributed by atoms with Crippen molar-refractivity contribution >= 4 is 35.7 Å². The second kappa shape index (κ2) is 6.78. The van der Waals surface area contributed by atoms with E-state index >= 15 is 0 Å². The second-order valence-electron chi connectivity index (χ2n) is 5.07. The van der Waals surface area contributed by atoms with Crippen LogP contribution in [-0.4, -0.2) is 37.6 Å². The Morgan fingerprint density at radius 3 is 2.86 bits per heavy atom. The van der Waals surface area contributed by atoms with Crippen LogP contribution in [-0.2, 0) is 4.79 Å². The molecule has 2 saturated heterocycles. The minimum absolute atomic E-state index is 0. The molecule has 2 heterocycles. The van der Waals surface area contributed by atoms with Crippen LogP contribution >= 0.6 is 12.4 Å². The quantitative estimate of drug-likeness (QED) is 0.788. The summed E-state index contributed by atoms with van der Waals surface area (Å²) in [7, 11) is 0. The molecule has 114 valence electrons. The maximum atomic E-state index is 12.0. The molecule has 2 aliphatic heterocycles. The number of nitrogens with zero attached hydrogens (tertiary/aromatic N) is 1. The lowest BCUT2D eigenvalue weighted by atomic mass is 10.2. The highest BCUT2D eigenvalue weighted by atomic mass is 35.5. The highest BCUT2D eigenvalue weighted by Crippen LogP contribution is 2.21. The van der Waals surface area contributed by atoms with E-state index in [4.69, 9.17) is 0 Å². The third-order valence-corrected chi connectivity index (χ3v) is 3.66. The number of carbonyl (C=O) groups excluding carboxylic acids is 2. The first-order valence-electron chi connectivity index (χ1n) is 6.94. The lowest BCUT2D eigenvalue weighted by Crippen LogP contribution is -2.35. The zero-order chi connectivity index (χ0) is 13.9. The molecule has 1 aromatic carbocycles. The van der Waals surface area contributed by atoms with Gasteiger partial charge in [0.05, 0.1) is 6.04 Å². The Morgan fingerprint density at radius 2 is 2.19 bits per heavy atom. The third kappa shape index (κ3) is 3.46. The number of nitrogens with one attached hydrogen (secondary N) is 3. The number of carbonyl (C=O) groups is 2. The molecule has 3 N–H and O–H groups in total. The Labute approximate surface area is 129 Å². The number of hydrogen-bond donors (Lipinski definition) is 3. The van der Waals surface area contributed by atoms with Gasteiger partial charge in [-0.1, -0.05) is 6.07 Å². The van der Waals surface area contributed by atoms with Gasteiger partial charge in [0, 0.05) is 24.5 Å². The van der Waals surface area contributed by atoms with Gasteiger partial charge in [0.15, 0.2) is 0 Å². The third-order valence-electron chi connectivity index (χ3n) is 3.66. The average molecular weight is 311 g/mol. The summed E-state index contributed by atoms with van der Waals surface area (Å²) in [5.41, 5.74) is 1.53. The van der Waals surface area contributed by atoms with Crippen molar-refractivity contribution in [3.63, 3.8) is 0 Å². The molecule has 0 saturated carbocycles. The van der Waals surface area contributed by atoms with Gasteiger partial charge in [0.25, 0.3) is 0 Å². The van der Waals surface area contributed by atoms with E-state index < -0.39 is 0 Å². The zero-order valence-corrected chi connectivity index (χ0v) is 12.4. The average Bonchev–Trinajstić information content (AvgIpc) is 3.10. The molecule has 0 bridgehead atoms. The van der Waals surface area contributed by atoms with Crippen LogP contribution in [0.1, 0.15) is 12.8 Å². The Kier molecular flexibility index (Phi) is 5.03. The molecule has 0 aromatic heterocycles. The van der Waals surface area contributed by atoms with Crippen LogP contribution < -0.4 is 20.9 Å². The number of benzene rings is 1. The molecule has 0 aliphatic carbocycles. The SMILES string of the molecule is Cl.O=C(Nc1cccc(N2CCNC2=O)c1)C1CCCN1. The first kappa shape index (κ1) is 15.6. The summed E-state index contributed by atoms with van der Waals surface area (Å²) < 4.78 is 0. The summed E-state index contributed by atoms with van der Waals surface area (Å²) in [4.78, 5) is 25.4. The molecule has 1 atom stereocenters. The maximum Gasteiger partial charge on any atom is 0.321 e. The van der Waals surface area contributed by atoms with Crippen LogP contribution in [0.15, 0.2) is 24.3 Å². The topological polar surface area (TPSA) is 73.5 Å². The van der Waals surface area contributed by atoms with Gasteiger partial charge in [0.1, 0.15) is 0 Å². The number of hydrogen-bond acceptors (Lipinski definition) is 3. The van der Waals surface area contributed by atoms with Gasteiger partial charge in [0.2, 0.25) is 5.91 Å². The van der Waals surface area contributed by atoms with E-state index in [1.807, 2.05) is 24.3 Å². The normalized spacial score (nSPS) is 20.9. The summed E-state index contributed by atoms with van der Waals surface area (Å²) in [6, 6.07) is 7.19. The highest BCUT2D eigenvalue weighted by molar-refractivity contribution is 5.97. The van der Waals surface area contributed by atoms with Crippen molar-refractivity contribution in [2.24, 2.45) is 0 Å². The predicted octanol–water partition coefficient (Wildman–Crippen LogP) is 1.33. The molecule has 2 fully saturated rings. The monoisotopic (exact) mass is 310 g/mol. The largest absolute Gasteiger partial charge is 0.336 e. The standard InChI is InChI=1S/C14H18N4O2.ClH/c19-13(12-5-2-6-15-12)17-10-3-1-4-11(9-10)18-8-7-16-14(18)20;/h1,3-4,9,12,15H,2,5-8H2,(H,16,20)(H,17,19);1H. The highest BCUT2D eigenvalue weighted by Gasteiger charge is 2.23. The molecule has 0 radical (unpaired) electrons. The number of amides is 3. The minimum atomic E-state index is -0.103. The van der Waals surface area contributed by atoms with Gasteiger partial charge in [-0.25, -0.2) is 4.79 Å². The van der Waals surface area contributed by atoms with Crippen molar-refractivity contribution in [2.75, 3.05) is 29.9 Å². The van der Waals surface area contributed by atoms with Crippen LogP contribution in [0.3, 0.4) is 0 Å². The fourth-order valence-corrected chi connectivity index (χ4v) is 2.61. The Balaban J connectivity index is 0.00000161. The van der Waals surface area contributed by atoms with E-state index in [1.54, 1.807) is 4.90 Å². The zero-order valence-electron chi connectivity index (χ0n) is 11.6. The van der Waals surface area contributed by atoms with Crippen molar-refractivity contribution in [3.05, 3.63) is 24.3 Å². The summed E-state index contributed by atoms with van der Waals surface area (Å²) in [5, 5.41) is 8.83. The number of halogens is 1. The summed E-state index contributed by atoms with van der Waals surface area (Å²) in [6.45, 7) is 2.20. The van der Waals surface area contributed by atoms with E-state index in [9.17, 15) is 9.59 Å². The van der Waals surface area contributed by atoms with Crippen LogP contribution in [0.5, 0.6) is 0 Å². The van der Waals surface area contributed by atoms with E-state index in [2.05, 4.69) is 16.0 Å². The molecule has 1 aromatic rings. The maximum absolute atomic E-state index is 12.0. The Bertz CT molecular complexity index is 531. The van der Waals surface area contributed by atoms with Crippen LogP contribution in [0.2, 0.25) is 0 Å². The van der Waals surface area contributed by atoms with Crippen LogP contribution in [0.4, 0.5) is 16.2 Å². The van der Waals surface area contributed by atoms with Gasteiger partial charge in [-0.05, 0) is 37.6 Å². The van der Waals surface area contributed by atoms with Crippen LogP contribution in [0, 0.1) is 0 Å². The molecule has 21 heavy (non-hydrogen) atoms. The fourth-order valence-electron chi connectivity index (χ4n) is 2.61. The van der Waals surface area contributed by atoms with E-state index in [0.29, 0.717) is 13.1 Å². The summed E-state index contributed by atoms with van der Waals surface area (Å²) in [5.74, 6) is -0.00877. The fraction of sp³-hybridized carbons (Fsp3) is 0.429. The first-order valence-corrected chi connectivity index (χ1v) is 6.94. The molecule has 3 rings (SSSR count). The van der Waals surface area contributed by atoms with E-state index in [1.165, 1.54) is 0 Å². The smallest absolute Gasteiger partial charge is 0.321 e. The second-order valence-corrected chi connectivity index (χ2v) is 5.07. The van der Waals surface area contributed by atoms with Crippen molar-refractivity contribution in [1.82, 2.24) is 10.6 Å². The summed E-state index contributed by atoms with van der Waals surface area (Å²) in [6.07, 6.45) is 1.91. The molecule has 2 aliphatic rings. The predicted molar refractivity (Wildman–Crippen MR) is 84.1 cm³/mol. The lowest BCUT2D eigenvalue weighted by molar-refractivity contribution is -0.117. The van der Waals surface area contributed by atoms with Gasteiger partial charge >= 0.3 is 6.03 Å².